The van der Waals surface area contributed by atoms with E-state index in [1.54, 1.807) is 23.5 Å². The van der Waals surface area contributed by atoms with Gasteiger partial charge >= 0.3 is 5.97 Å². The SMILES string of the molecule is CCc1cnc(N(CCc2csc(SC(C)(C)C(=O)C(C)(C)C)n2)Cc2ccc(C(=O)OC)cc2)nc1. The lowest BCUT2D eigenvalue weighted by atomic mass is 9.84. The monoisotopic (exact) mass is 540 g/mol. The van der Waals surface area contributed by atoms with Crippen LogP contribution in [0.15, 0.2) is 46.4 Å². The number of esters is 1. The molecule has 37 heavy (non-hydrogen) atoms. The average Bonchev–Trinajstić information content (AvgIpc) is 3.31. The Kier molecular flexibility index (Phi) is 9.47. The van der Waals surface area contributed by atoms with Crippen molar-refractivity contribution in [3.63, 3.8) is 0 Å². The molecule has 0 N–H and O–H groups in total. The van der Waals surface area contributed by atoms with Crippen LogP contribution in [0, 0.1) is 5.41 Å². The number of aromatic nitrogens is 3. The molecule has 1 aromatic carbocycles. The van der Waals surface area contributed by atoms with Gasteiger partial charge in [0.05, 0.1) is 23.1 Å². The van der Waals surface area contributed by atoms with Crippen LogP contribution in [0.4, 0.5) is 5.95 Å². The number of hydrogen-bond acceptors (Lipinski definition) is 9. The lowest BCUT2D eigenvalue weighted by Gasteiger charge is -2.29. The Morgan fingerprint density at radius 3 is 2.24 bits per heavy atom. The Morgan fingerprint density at radius 2 is 1.68 bits per heavy atom. The number of Topliss-reactive ketones (excluding diaryl/α,β-unsaturated/α-hetero) is 1. The molecule has 198 valence electrons. The number of ether oxygens (including phenoxy) is 1. The summed E-state index contributed by atoms with van der Waals surface area (Å²) >= 11 is 3.10. The predicted octanol–water partition coefficient (Wildman–Crippen LogP) is 6.02. The van der Waals surface area contributed by atoms with E-state index in [4.69, 9.17) is 9.72 Å². The Hall–Kier alpha value is -2.78. The summed E-state index contributed by atoms with van der Waals surface area (Å²) in [6.07, 6.45) is 5.32. The van der Waals surface area contributed by atoms with Gasteiger partial charge in [-0.25, -0.2) is 19.7 Å². The van der Waals surface area contributed by atoms with E-state index < -0.39 is 10.2 Å². The van der Waals surface area contributed by atoms with Crippen LogP contribution in [0.1, 0.15) is 68.7 Å². The maximum atomic E-state index is 12.9. The van der Waals surface area contributed by atoms with Gasteiger partial charge in [0, 0.05) is 42.7 Å². The van der Waals surface area contributed by atoms with E-state index >= 15 is 0 Å². The Balaban J connectivity index is 1.73. The second-order valence-corrected chi connectivity index (χ2v) is 13.1. The van der Waals surface area contributed by atoms with Crippen LogP contribution in [-0.4, -0.2) is 45.1 Å². The molecule has 7 nitrogen and oxygen atoms in total. The Labute approximate surface area is 228 Å². The smallest absolute Gasteiger partial charge is 0.337 e. The summed E-state index contributed by atoms with van der Waals surface area (Å²) < 4.78 is 5.15. The summed E-state index contributed by atoms with van der Waals surface area (Å²) in [5.74, 6) is 0.501. The summed E-state index contributed by atoms with van der Waals surface area (Å²) in [4.78, 5) is 40.8. The normalized spacial score (nSPS) is 11.9. The minimum atomic E-state index is -0.551. The standard InChI is InChI=1S/C28H36N4O3S2/c1-8-19-15-29-25(30-16-19)32(17-20-9-11-21(12-10-20)23(33)35-7)14-13-22-18-36-26(31-22)37-28(5,6)24(34)27(2,3)4/h9-12,15-16,18H,8,13-14,17H2,1-7H3. The molecule has 0 saturated carbocycles. The van der Waals surface area contributed by atoms with Gasteiger partial charge < -0.3 is 9.64 Å². The van der Waals surface area contributed by atoms with Crippen molar-refractivity contribution in [2.75, 3.05) is 18.6 Å². The summed E-state index contributed by atoms with van der Waals surface area (Å²) in [6.45, 7) is 13.1. The van der Waals surface area contributed by atoms with Crippen LogP contribution < -0.4 is 4.90 Å². The van der Waals surface area contributed by atoms with Crippen molar-refractivity contribution in [2.24, 2.45) is 5.41 Å². The molecule has 0 atom stereocenters. The number of anilines is 1. The van der Waals surface area contributed by atoms with Crippen molar-refractivity contribution < 1.29 is 14.3 Å². The fraction of sp³-hybridized carbons (Fsp3) is 0.464. The molecule has 0 aliphatic rings. The summed E-state index contributed by atoms with van der Waals surface area (Å²) in [7, 11) is 1.38. The van der Waals surface area contributed by atoms with Crippen LogP contribution in [0.25, 0.3) is 0 Å². The number of benzene rings is 1. The zero-order valence-corrected chi connectivity index (χ0v) is 24.3. The summed E-state index contributed by atoms with van der Waals surface area (Å²) in [6, 6.07) is 7.38. The van der Waals surface area contributed by atoms with Gasteiger partial charge in [-0.1, -0.05) is 51.6 Å². The Morgan fingerprint density at radius 1 is 1.03 bits per heavy atom. The van der Waals surface area contributed by atoms with Gasteiger partial charge in [-0.15, -0.1) is 11.3 Å². The van der Waals surface area contributed by atoms with Crippen LogP contribution in [-0.2, 0) is 28.9 Å². The molecule has 0 saturated heterocycles. The largest absolute Gasteiger partial charge is 0.465 e. The van der Waals surface area contributed by atoms with Gasteiger partial charge in [0.25, 0.3) is 0 Å². The van der Waals surface area contributed by atoms with Gasteiger partial charge in [0.1, 0.15) is 0 Å². The van der Waals surface area contributed by atoms with Gasteiger partial charge in [-0.3, -0.25) is 4.79 Å². The molecule has 2 aromatic heterocycles. The van der Waals surface area contributed by atoms with Crippen molar-refractivity contribution in [3.8, 4) is 0 Å². The minimum absolute atomic E-state index is 0.207. The van der Waals surface area contributed by atoms with Gasteiger partial charge in [-0.2, -0.15) is 0 Å². The molecule has 2 heterocycles. The molecular weight excluding hydrogens is 504 g/mol. The molecule has 0 amide bonds. The maximum absolute atomic E-state index is 12.9. The number of thioether (sulfide) groups is 1. The van der Waals surface area contributed by atoms with E-state index in [2.05, 4.69) is 27.2 Å². The highest BCUT2D eigenvalue weighted by molar-refractivity contribution is 8.03. The first-order valence-corrected chi connectivity index (χ1v) is 14.0. The van der Waals surface area contributed by atoms with Crippen molar-refractivity contribution in [1.29, 1.82) is 0 Å². The highest BCUT2D eigenvalue weighted by Crippen LogP contribution is 2.39. The molecule has 3 rings (SSSR count). The number of thiazole rings is 1. The molecule has 0 aliphatic heterocycles. The highest BCUT2D eigenvalue weighted by Gasteiger charge is 2.37. The van der Waals surface area contributed by atoms with E-state index in [0.717, 1.165) is 27.6 Å². The molecule has 9 heteroatoms. The van der Waals surface area contributed by atoms with Gasteiger partial charge in [0.15, 0.2) is 10.1 Å². The third-order valence-corrected chi connectivity index (χ3v) is 8.05. The fourth-order valence-electron chi connectivity index (χ4n) is 3.90. The molecule has 3 aromatic rings. The predicted molar refractivity (Wildman–Crippen MR) is 150 cm³/mol. The topological polar surface area (TPSA) is 85.3 Å². The number of carbonyl (C=O) groups excluding carboxylic acids is 2. The van der Waals surface area contributed by atoms with E-state index in [1.165, 1.54) is 18.9 Å². The van der Waals surface area contributed by atoms with Crippen LogP contribution in [0.3, 0.4) is 0 Å². The van der Waals surface area contributed by atoms with Crippen molar-refractivity contribution >= 4 is 40.8 Å². The third-order valence-electron chi connectivity index (χ3n) is 5.87. The zero-order valence-electron chi connectivity index (χ0n) is 22.7. The first kappa shape index (κ1) is 28.8. The van der Waals surface area contributed by atoms with Crippen molar-refractivity contribution in [3.05, 3.63) is 64.4 Å². The van der Waals surface area contributed by atoms with E-state index in [0.29, 0.717) is 31.0 Å². The second-order valence-electron chi connectivity index (χ2n) is 10.4. The van der Waals surface area contributed by atoms with Crippen molar-refractivity contribution in [2.45, 2.75) is 70.0 Å². The number of rotatable bonds is 11. The van der Waals surface area contributed by atoms with Crippen LogP contribution in [0.2, 0.25) is 0 Å². The second kappa shape index (κ2) is 12.2. The highest BCUT2D eigenvalue weighted by atomic mass is 32.2. The number of carbonyl (C=O) groups is 2. The zero-order chi connectivity index (χ0) is 27.2. The lowest BCUT2D eigenvalue weighted by Crippen LogP contribution is -2.37. The first-order valence-electron chi connectivity index (χ1n) is 12.3. The van der Waals surface area contributed by atoms with Crippen LogP contribution >= 0.6 is 23.1 Å². The Bertz CT molecular complexity index is 1200. The number of nitrogens with zero attached hydrogens (tertiary/aromatic N) is 4. The summed E-state index contributed by atoms with van der Waals surface area (Å²) in [5, 5.41) is 2.06. The molecule has 0 unspecified atom stereocenters. The maximum Gasteiger partial charge on any atom is 0.337 e. The van der Waals surface area contributed by atoms with E-state index in [9.17, 15) is 9.59 Å². The van der Waals surface area contributed by atoms with E-state index in [1.807, 2.05) is 59.1 Å². The number of hydrogen-bond donors (Lipinski definition) is 0. The molecule has 0 bridgehead atoms. The third kappa shape index (κ3) is 7.85. The molecule has 0 radical (unpaired) electrons. The number of methoxy groups -OCH3 is 1. The minimum Gasteiger partial charge on any atom is -0.465 e. The fourth-order valence-corrected chi connectivity index (χ4v) is 6.43. The van der Waals surface area contributed by atoms with Gasteiger partial charge in [-0.05, 0) is 43.5 Å². The van der Waals surface area contributed by atoms with Gasteiger partial charge in [0.2, 0.25) is 5.95 Å². The molecule has 0 spiro atoms. The molecule has 0 aliphatic carbocycles. The van der Waals surface area contributed by atoms with Crippen LogP contribution in [0.5, 0.6) is 0 Å². The lowest BCUT2D eigenvalue weighted by molar-refractivity contribution is -0.127. The van der Waals surface area contributed by atoms with E-state index in [-0.39, 0.29) is 11.8 Å². The quantitative estimate of drug-likeness (QED) is 0.216. The number of ketones is 1. The average molecular weight is 541 g/mol. The molecule has 0 fully saturated rings. The number of aryl methyl sites for hydroxylation is 1. The molecular formula is C28H36N4O3S2. The van der Waals surface area contributed by atoms with Crippen molar-refractivity contribution in [1.82, 2.24) is 15.0 Å². The summed E-state index contributed by atoms with van der Waals surface area (Å²) in [5.41, 5.74) is 3.20. The first-order chi connectivity index (χ1) is 17.4.